The molecule has 0 aliphatic heterocycles. The van der Waals surface area contributed by atoms with Crippen molar-refractivity contribution in [2.45, 2.75) is 33.1 Å². The molecule has 1 aromatic carbocycles. The third-order valence-electron chi connectivity index (χ3n) is 5.52. The second kappa shape index (κ2) is 11.5. The lowest BCUT2D eigenvalue weighted by Gasteiger charge is -2.14. The van der Waals surface area contributed by atoms with Crippen molar-refractivity contribution < 1.29 is 22.6 Å². The smallest absolute Gasteiger partial charge is 0.418 e. The Kier molecular flexibility index (Phi) is 8.17. The number of hydrogen-bond acceptors (Lipinski definition) is 7. The van der Waals surface area contributed by atoms with Crippen molar-refractivity contribution in [3.63, 3.8) is 0 Å². The number of pyridine rings is 2. The molecule has 3 heterocycles. The zero-order valence-electron chi connectivity index (χ0n) is 20.8. The van der Waals surface area contributed by atoms with Crippen LogP contribution in [0.2, 0.25) is 0 Å². The van der Waals surface area contributed by atoms with Gasteiger partial charge in [0.15, 0.2) is 11.5 Å². The quantitative estimate of drug-likeness (QED) is 0.282. The van der Waals surface area contributed by atoms with Crippen LogP contribution in [-0.2, 0) is 23.9 Å². The van der Waals surface area contributed by atoms with E-state index in [4.69, 9.17) is 9.47 Å². The monoisotopic (exact) mass is 511 g/mol. The molecule has 0 fully saturated rings. The van der Waals surface area contributed by atoms with Crippen molar-refractivity contribution in [3.8, 4) is 17.1 Å². The lowest BCUT2D eigenvalue weighted by Crippen LogP contribution is -2.12. The van der Waals surface area contributed by atoms with Crippen LogP contribution in [0.25, 0.3) is 22.4 Å². The summed E-state index contributed by atoms with van der Waals surface area (Å²) in [5, 5.41) is 3.91. The zero-order valence-corrected chi connectivity index (χ0v) is 20.8. The number of benzene rings is 1. The van der Waals surface area contributed by atoms with E-state index in [2.05, 4.69) is 25.3 Å². The van der Waals surface area contributed by atoms with E-state index in [9.17, 15) is 13.2 Å². The molecule has 37 heavy (non-hydrogen) atoms. The minimum Gasteiger partial charge on any atom is -0.496 e. The van der Waals surface area contributed by atoms with Gasteiger partial charge in [0.05, 0.1) is 23.8 Å². The molecule has 0 bridgehead atoms. The number of alkyl halides is 3. The molecule has 194 valence electrons. The van der Waals surface area contributed by atoms with Gasteiger partial charge in [-0.2, -0.15) is 13.2 Å². The van der Waals surface area contributed by atoms with Crippen LogP contribution in [0.4, 0.5) is 19.0 Å². The Balaban J connectivity index is 1.68. The summed E-state index contributed by atoms with van der Waals surface area (Å²) in [6.07, 6.45) is -2.58. The van der Waals surface area contributed by atoms with Crippen molar-refractivity contribution in [2.24, 2.45) is 5.92 Å². The average Bonchev–Trinajstić information content (AvgIpc) is 2.88. The summed E-state index contributed by atoms with van der Waals surface area (Å²) in [5.74, 6) is 2.03. The molecule has 0 saturated heterocycles. The van der Waals surface area contributed by atoms with Gasteiger partial charge >= 0.3 is 6.18 Å². The van der Waals surface area contributed by atoms with Crippen LogP contribution in [0.3, 0.4) is 0 Å². The largest absolute Gasteiger partial charge is 0.496 e. The molecule has 0 atom stereocenters. The molecule has 0 amide bonds. The highest BCUT2D eigenvalue weighted by molar-refractivity contribution is 5.88. The number of ether oxygens (including phenoxy) is 2. The fourth-order valence-corrected chi connectivity index (χ4v) is 3.84. The number of anilines is 1. The summed E-state index contributed by atoms with van der Waals surface area (Å²) in [7, 11) is 1.63. The third-order valence-corrected chi connectivity index (χ3v) is 5.52. The van der Waals surface area contributed by atoms with E-state index in [1.54, 1.807) is 13.2 Å². The van der Waals surface area contributed by atoms with E-state index in [1.165, 1.54) is 18.3 Å². The maximum atomic E-state index is 13.6. The zero-order chi connectivity index (χ0) is 26.4. The lowest BCUT2D eigenvalue weighted by molar-refractivity contribution is -0.137. The highest BCUT2D eigenvalue weighted by atomic mass is 19.4. The van der Waals surface area contributed by atoms with E-state index in [0.717, 1.165) is 17.4 Å². The Morgan fingerprint density at radius 2 is 1.78 bits per heavy atom. The van der Waals surface area contributed by atoms with Crippen molar-refractivity contribution >= 4 is 16.9 Å². The minimum absolute atomic E-state index is 0.0770. The standard InChI is InChI=1S/C27H28F3N5O2/c1-17(2)15-37-16-23-34-25(32-14-12-18-7-4-5-9-22(18)36-3)19-10-11-21(33-26(19)35-23)24-20(27(28,29)30)8-6-13-31-24/h4-11,13,17H,12,14-16H2,1-3H3,(H,32,33,34,35). The SMILES string of the molecule is COc1ccccc1CCNc1nc(COCC(C)C)nc2nc(-c3ncccc3C(F)(F)F)ccc12. The summed E-state index contributed by atoms with van der Waals surface area (Å²) >= 11 is 0. The lowest BCUT2D eigenvalue weighted by atomic mass is 10.1. The van der Waals surface area contributed by atoms with Crippen LogP contribution >= 0.6 is 0 Å². The molecule has 4 rings (SSSR count). The molecule has 10 heteroatoms. The average molecular weight is 512 g/mol. The Labute approximate surface area is 213 Å². The molecular weight excluding hydrogens is 483 g/mol. The predicted octanol–water partition coefficient (Wildman–Crippen LogP) is 5.94. The molecule has 7 nitrogen and oxygen atoms in total. The highest BCUT2D eigenvalue weighted by Crippen LogP contribution is 2.35. The Hall–Kier alpha value is -3.79. The summed E-state index contributed by atoms with van der Waals surface area (Å²) in [6.45, 7) is 5.28. The van der Waals surface area contributed by atoms with Gasteiger partial charge in [-0.15, -0.1) is 0 Å². The Bertz CT molecular complexity index is 1360. The van der Waals surface area contributed by atoms with Crippen LogP contribution in [0.5, 0.6) is 5.75 Å². The van der Waals surface area contributed by atoms with Crippen LogP contribution < -0.4 is 10.1 Å². The summed E-state index contributed by atoms with van der Waals surface area (Å²) in [4.78, 5) is 17.5. The van der Waals surface area contributed by atoms with E-state index >= 15 is 0 Å². The van der Waals surface area contributed by atoms with Crippen molar-refractivity contribution in [1.29, 1.82) is 0 Å². The fourth-order valence-electron chi connectivity index (χ4n) is 3.84. The van der Waals surface area contributed by atoms with Gasteiger partial charge in [-0.05, 0) is 48.2 Å². The van der Waals surface area contributed by atoms with E-state index in [0.29, 0.717) is 42.5 Å². The number of rotatable bonds is 10. The molecule has 0 radical (unpaired) electrons. The van der Waals surface area contributed by atoms with Crippen molar-refractivity contribution in [3.05, 3.63) is 71.7 Å². The minimum atomic E-state index is -4.56. The maximum Gasteiger partial charge on any atom is 0.418 e. The molecule has 0 unspecified atom stereocenters. The Morgan fingerprint density at radius 1 is 0.973 bits per heavy atom. The number of hydrogen-bond donors (Lipinski definition) is 1. The first-order chi connectivity index (χ1) is 17.8. The Morgan fingerprint density at radius 3 is 2.54 bits per heavy atom. The summed E-state index contributed by atoms with van der Waals surface area (Å²) in [6, 6.07) is 13.2. The number of methoxy groups -OCH3 is 1. The molecule has 4 aromatic rings. The van der Waals surface area contributed by atoms with Gasteiger partial charge in [0.1, 0.15) is 23.9 Å². The predicted molar refractivity (Wildman–Crippen MR) is 135 cm³/mol. The van der Waals surface area contributed by atoms with Gasteiger partial charge in [0.25, 0.3) is 0 Å². The van der Waals surface area contributed by atoms with Gasteiger partial charge < -0.3 is 14.8 Å². The van der Waals surface area contributed by atoms with Crippen LogP contribution in [0.1, 0.15) is 30.8 Å². The van der Waals surface area contributed by atoms with Gasteiger partial charge in [-0.1, -0.05) is 32.0 Å². The summed E-state index contributed by atoms with van der Waals surface area (Å²) in [5.41, 5.74) is 0.263. The second-order valence-corrected chi connectivity index (χ2v) is 8.85. The number of nitrogens with one attached hydrogen (secondary N) is 1. The number of fused-ring (bicyclic) bond motifs is 1. The third kappa shape index (κ3) is 6.51. The number of nitrogens with zero attached hydrogens (tertiary/aromatic N) is 4. The first-order valence-electron chi connectivity index (χ1n) is 11.9. The van der Waals surface area contributed by atoms with Crippen molar-refractivity contribution in [1.82, 2.24) is 19.9 Å². The second-order valence-electron chi connectivity index (χ2n) is 8.85. The first-order valence-corrected chi connectivity index (χ1v) is 11.9. The van der Waals surface area contributed by atoms with Gasteiger partial charge in [-0.3, -0.25) is 4.98 Å². The van der Waals surface area contributed by atoms with Gasteiger partial charge in [0.2, 0.25) is 0 Å². The van der Waals surface area contributed by atoms with E-state index < -0.39 is 11.7 Å². The molecule has 0 aliphatic carbocycles. The maximum absolute atomic E-state index is 13.6. The number of para-hydroxylation sites is 1. The van der Waals surface area contributed by atoms with Crippen LogP contribution in [0, 0.1) is 5.92 Å². The number of halogens is 3. The van der Waals surface area contributed by atoms with Crippen molar-refractivity contribution in [2.75, 3.05) is 25.6 Å². The van der Waals surface area contributed by atoms with Crippen LogP contribution in [0.15, 0.2) is 54.7 Å². The highest BCUT2D eigenvalue weighted by Gasteiger charge is 2.34. The molecule has 0 spiro atoms. The number of aromatic nitrogens is 4. The normalized spacial score (nSPS) is 11.8. The summed E-state index contributed by atoms with van der Waals surface area (Å²) < 4.78 is 51.9. The molecular formula is C27H28F3N5O2. The first kappa shape index (κ1) is 26.3. The molecule has 0 saturated carbocycles. The fraction of sp³-hybridized carbons (Fsp3) is 0.333. The van der Waals surface area contributed by atoms with Gasteiger partial charge in [-0.25, -0.2) is 15.0 Å². The van der Waals surface area contributed by atoms with E-state index in [-0.39, 0.29) is 23.6 Å². The molecule has 3 aromatic heterocycles. The van der Waals surface area contributed by atoms with Gasteiger partial charge in [0, 0.05) is 19.3 Å². The molecule has 0 aliphatic rings. The molecule has 1 N–H and O–H groups in total. The topological polar surface area (TPSA) is 82.0 Å². The van der Waals surface area contributed by atoms with Crippen LogP contribution in [-0.4, -0.2) is 40.2 Å². The van der Waals surface area contributed by atoms with E-state index in [1.807, 2.05) is 38.1 Å².